The first-order chi connectivity index (χ1) is 13.5. The summed E-state index contributed by atoms with van der Waals surface area (Å²) in [5.74, 6) is 0.676. The van der Waals surface area contributed by atoms with Crippen molar-refractivity contribution in [2.75, 3.05) is 0 Å². The zero-order chi connectivity index (χ0) is 19.8. The highest BCUT2D eigenvalue weighted by atomic mass is 35.5. The second kappa shape index (κ2) is 7.20. The van der Waals surface area contributed by atoms with Crippen molar-refractivity contribution in [1.29, 1.82) is 0 Å². The molecule has 0 aliphatic heterocycles. The molecule has 0 N–H and O–H groups in total. The van der Waals surface area contributed by atoms with E-state index in [1.54, 1.807) is 4.57 Å². The third-order valence-corrected chi connectivity index (χ3v) is 5.12. The first kappa shape index (κ1) is 18.4. The van der Waals surface area contributed by atoms with Gasteiger partial charge in [0.05, 0.1) is 23.0 Å². The Labute approximate surface area is 166 Å². The Bertz CT molecular complexity index is 1200. The van der Waals surface area contributed by atoms with Crippen molar-refractivity contribution in [3.05, 3.63) is 75.0 Å². The molecule has 1 atom stereocenters. The Kier molecular flexibility index (Phi) is 4.73. The van der Waals surface area contributed by atoms with Gasteiger partial charge in [-0.15, -0.1) is 0 Å². The first-order valence-electron chi connectivity index (χ1n) is 9.08. The second-order valence-corrected chi connectivity index (χ2v) is 7.01. The van der Waals surface area contributed by atoms with Crippen molar-refractivity contribution in [3.63, 3.8) is 0 Å². The Hall–Kier alpha value is -2.99. The van der Waals surface area contributed by atoms with E-state index in [4.69, 9.17) is 21.1 Å². The maximum atomic E-state index is 13.0. The van der Waals surface area contributed by atoms with Gasteiger partial charge in [-0.3, -0.25) is 9.36 Å². The minimum absolute atomic E-state index is 0.0613. The molecule has 0 saturated heterocycles. The number of nitrogens with zero attached hydrogens (tertiary/aromatic N) is 4. The highest BCUT2D eigenvalue weighted by Gasteiger charge is 2.21. The van der Waals surface area contributed by atoms with Gasteiger partial charge in [0, 0.05) is 0 Å². The van der Waals surface area contributed by atoms with Crippen molar-refractivity contribution in [3.8, 4) is 11.3 Å². The molecule has 0 unspecified atom stereocenters. The average Bonchev–Trinajstić information content (AvgIpc) is 3.04. The third-order valence-electron chi connectivity index (χ3n) is 4.87. The van der Waals surface area contributed by atoms with Crippen LogP contribution in [0.25, 0.3) is 22.4 Å². The van der Waals surface area contributed by atoms with E-state index in [-0.39, 0.29) is 16.8 Å². The molecule has 4 rings (SSSR count). The molecule has 142 valence electrons. The molecule has 0 amide bonds. The molecule has 0 aliphatic rings. The molecule has 6 nitrogen and oxygen atoms in total. The van der Waals surface area contributed by atoms with E-state index in [9.17, 15) is 4.79 Å². The average molecular weight is 395 g/mol. The predicted molar refractivity (Wildman–Crippen MR) is 109 cm³/mol. The van der Waals surface area contributed by atoms with E-state index in [0.29, 0.717) is 29.0 Å². The maximum Gasteiger partial charge on any atom is 0.290 e. The van der Waals surface area contributed by atoms with E-state index in [1.165, 1.54) is 0 Å². The molecule has 4 aromatic rings. The Morgan fingerprint density at radius 2 is 1.86 bits per heavy atom. The van der Waals surface area contributed by atoms with Crippen LogP contribution in [0.4, 0.5) is 0 Å². The van der Waals surface area contributed by atoms with Gasteiger partial charge >= 0.3 is 0 Å². The number of hydrogen-bond acceptors (Lipinski definition) is 5. The summed E-state index contributed by atoms with van der Waals surface area (Å²) in [6, 6.07) is 13.3. The number of benzene rings is 1. The van der Waals surface area contributed by atoms with Crippen LogP contribution in [-0.2, 0) is 0 Å². The normalized spacial score (nSPS) is 12.4. The van der Waals surface area contributed by atoms with Crippen LogP contribution in [0, 0.1) is 13.8 Å². The lowest BCUT2D eigenvalue weighted by Crippen LogP contribution is -2.27. The Balaban J connectivity index is 2.02. The number of aromatic nitrogens is 4. The minimum Gasteiger partial charge on any atom is -0.361 e. The van der Waals surface area contributed by atoms with Crippen molar-refractivity contribution in [2.45, 2.75) is 33.2 Å². The summed E-state index contributed by atoms with van der Waals surface area (Å²) in [6.07, 6.45) is 0.705. The predicted octanol–water partition coefficient (Wildman–Crippen LogP) is 4.72. The fourth-order valence-electron chi connectivity index (χ4n) is 3.57. The number of fused-ring (bicyclic) bond motifs is 1. The largest absolute Gasteiger partial charge is 0.361 e. The zero-order valence-electron chi connectivity index (χ0n) is 15.8. The highest BCUT2D eigenvalue weighted by Crippen LogP contribution is 2.29. The molecule has 0 radical (unpaired) electrons. The van der Waals surface area contributed by atoms with Gasteiger partial charge in [-0.2, -0.15) is 0 Å². The van der Waals surface area contributed by atoms with Crippen molar-refractivity contribution < 1.29 is 4.52 Å². The van der Waals surface area contributed by atoms with Gasteiger partial charge in [-0.05, 0) is 38.0 Å². The quantitative estimate of drug-likeness (QED) is 0.500. The number of halogens is 1. The lowest BCUT2D eigenvalue weighted by atomic mass is 10.0. The van der Waals surface area contributed by atoms with Crippen molar-refractivity contribution in [1.82, 2.24) is 19.7 Å². The molecule has 0 aliphatic carbocycles. The van der Waals surface area contributed by atoms with Crippen LogP contribution in [0.15, 0.2) is 51.8 Å². The van der Waals surface area contributed by atoms with Gasteiger partial charge in [-0.1, -0.05) is 54.0 Å². The smallest absolute Gasteiger partial charge is 0.290 e. The first-order valence-corrected chi connectivity index (χ1v) is 9.46. The third kappa shape index (κ3) is 2.99. The molecule has 7 heteroatoms. The van der Waals surface area contributed by atoms with Crippen LogP contribution in [0.3, 0.4) is 0 Å². The molecule has 0 bridgehead atoms. The maximum absolute atomic E-state index is 13.0. The molecule has 3 heterocycles. The number of hydrogen-bond donors (Lipinski definition) is 0. The van der Waals surface area contributed by atoms with E-state index in [2.05, 4.69) is 10.1 Å². The number of rotatable bonds is 4. The summed E-state index contributed by atoms with van der Waals surface area (Å²) in [5, 5.41) is 3.94. The van der Waals surface area contributed by atoms with E-state index in [1.807, 2.05) is 63.2 Å². The number of pyridine rings is 1. The van der Waals surface area contributed by atoms with Crippen LogP contribution < -0.4 is 5.56 Å². The molecule has 3 aromatic heterocycles. The standard InChI is InChI=1S/C21H19ClN4O2/c1-4-17(14-8-6-5-7-9-14)26-20-16(23-19(22)21(26)27)11-10-15(24-20)18-12(2)25-28-13(18)3/h5-11,17H,4H2,1-3H3/t17-/m0/s1. The highest BCUT2D eigenvalue weighted by molar-refractivity contribution is 6.29. The Morgan fingerprint density at radius 1 is 1.11 bits per heavy atom. The topological polar surface area (TPSA) is 73.8 Å². The lowest BCUT2D eigenvalue weighted by molar-refractivity contribution is 0.393. The fourth-order valence-corrected chi connectivity index (χ4v) is 3.76. The van der Waals surface area contributed by atoms with Crippen LogP contribution in [0.2, 0.25) is 5.15 Å². The van der Waals surface area contributed by atoms with Gasteiger partial charge in [0.15, 0.2) is 10.8 Å². The summed E-state index contributed by atoms with van der Waals surface area (Å²) in [6.45, 7) is 5.74. The number of aryl methyl sites for hydroxylation is 2. The van der Waals surface area contributed by atoms with Gasteiger partial charge < -0.3 is 4.52 Å². The second-order valence-electron chi connectivity index (χ2n) is 6.65. The van der Waals surface area contributed by atoms with E-state index >= 15 is 0 Å². The molecule has 0 saturated carbocycles. The monoisotopic (exact) mass is 394 g/mol. The SMILES string of the molecule is CC[C@@H](c1ccccc1)n1c(=O)c(Cl)nc2ccc(-c3c(C)noc3C)nc21. The zero-order valence-corrected chi connectivity index (χ0v) is 16.6. The lowest BCUT2D eigenvalue weighted by Gasteiger charge is -2.20. The van der Waals surface area contributed by atoms with Crippen molar-refractivity contribution >= 4 is 22.8 Å². The minimum atomic E-state index is -0.353. The van der Waals surface area contributed by atoms with Gasteiger partial charge in [0.25, 0.3) is 5.56 Å². The molecule has 1 aromatic carbocycles. The summed E-state index contributed by atoms with van der Waals surface area (Å²) in [5.41, 5.74) is 3.97. The molecular weight excluding hydrogens is 376 g/mol. The summed E-state index contributed by atoms with van der Waals surface area (Å²) in [7, 11) is 0. The van der Waals surface area contributed by atoms with Crippen LogP contribution in [-0.4, -0.2) is 19.7 Å². The fraction of sp³-hybridized carbons (Fsp3) is 0.238. The molecule has 0 spiro atoms. The van der Waals surface area contributed by atoms with Gasteiger partial charge in [-0.25, -0.2) is 9.97 Å². The molecular formula is C21H19ClN4O2. The van der Waals surface area contributed by atoms with Crippen LogP contribution in [0.5, 0.6) is 0 Å². The summed E-state index contributed by atoms with van der Waals surface area (Å²) in [4.78, 5) is 22.0. The molecule has 28 heavy (non-hydrogen) atoms. The van der Waals surface area contributed by atoms with Crippen molar-refractivity contribution in [2.24, 2.45) is 0 Å². The molecule has 0 fully saturated rings. The van der Waals surface area contributed by atoms with E-state index in [0.717, 1.165) is 16.8 Å². The van der Waals surface area contributed by atoms with Gasteiger partial charge in [0.1, 0.15) is 11.3 Å². The summed E-state index contributed by atoms with van der Waals surface area (Å²) < 4.78 is 6.92. The van der Waals surface area contributed by atoms with Gasteiger partial charge in [0.2, 0.25) is 0 Å². The summed E-state index contributed by atoms with van der Waals surface area (Å²) >= 11 is 6.17. The van der Waals surface area contributed by atoms with E-state index < -0.39 is 0 Å². The Morgan fingerprint density at radius 3 is 2.50 bits per heavy atom. The van der Waals surface area contributed by atoms with Crippen LogP contribution >= 0.6 is 11.6 Å². The van der Waals surface area contributed by atoms with Crippen LogP contribution in [0.1, 0.15) is 36.4 Å².